The largest absolute Gasteiger partial charge is 0.309 e. The van der Waals surface area contributed by atoms with Crippen LogP contribution in [-0.2, 0) is 5.41 Å². The maximum Gasteiger partial charge on any atom is 0.0546 e. The molecular formula is C49H35NS. The van der Waals surface area contributed by atoms with Gasteiger partial charge in [-0.1, -0.05) is 159 Å². The molecular weight excluding hydrogens is 635 g/mol. The molecule has 0 unspecified atom stereocenters. The number of hydrogen-bond donors (Lipinski definition) is 0. The van der Waals surface area contributed by atoms with Crippen LogP contribution < -0.4 is 4.90 Å². The quantitative estimate of drug-likeness (QED) is 0.176. The number of fused-ring (bicyclic) bond motifs is 7. The molecule has 1 aliphatic carbocycles. The summed E-state index contributed by atoms with van der Waals surface area (Å²) in [5, 5.41) is 5.08. The Morgan fingerprint density at radius 3 is 1.90 bits per heavy atom. The minimum Gasteiger partial charge on any atom is -0.309 e. The number of rotatable bonds is 5. The van der Waals surface area contributed by atoms with Gasteiger partial charge in [-0.05, 0) is 74.7 Å². The predicted octanol–water partition coefficient (Wildman–Crippen LogP) is 14.3. The lowest BCUT2D eigenvalue weighted by Crippen LogP contribution is -2.21. The van der Waals surface area contributed by atoms with Crippen LogP contribution in [0.15, 0.2) is 176 Å². The van der Waals surface area contributed by atoms with Crippen LogP contribution in [-0.4, -0.2) is 0 Å². The van der Waals surface area contributed by atoms with Gasteiger partial charge in [0.15, 0.2) is 0 Å². The highest BCUT2D eigenvalue weighted by molar-refractivity contribution is 7.25. The molecule has 51 heavy (non-hydrogen) atoms. The summed E-state index contributed by atoms with van der Waals surface area (Å²) >= 11 is 1.87. The van der Waals surface area contributed by atoms with Gasteiger partial charge in [-0.25, -0.2) is 0 Å². The van der Waals surface area contributed by atoms with Gasteiger partial charge in [0.1, 0.15) is 0 Å². The van der Waals surface area contributed by atoms with Gasteiger partial charge in [-0.2, -0.15) is 0 Å². The van der Waals surface area contributed by atoms with E-state index in [4.69, 9.17) is 0 Å². The molecule has 0 saturated carbocycles. The first-order valence-corrected chi connectivity index (χ1v) is 18.5. The first-order valence-electron chi connectivity index (χ1n) is 17.7. The number of benzene rings is 8. The maximum absolute atomic E-state index is 2.56. The molecule has 0 atom stereocenters. The van der Waals surface area contributed by atoms with E-state index in [0.29, 0.717) is 0 Å². The Morgan fingerprint density at radius 1 is 0.431 bits per heavy atom. The summed E-state index contributed by atoms with van der Waals surface area (Å²) in [5.74, 6) is 0. The van der Waals surface area contributed by atoms with E-state index in [-0.39, 0.29) is 5.41 Å². The third-order valence-corrected chi connectivity index (χ3v) is 12.0. The number of anilines is 3. The molecule has 2 heteroatoms. The SMILES string of the molecule is CC1(C)c2ccccc2-c2cccc(N(c3cccc(-c4cccc5sc6ccccc6c45)c3-c3ccccc3)c3cccc4ccccc34)c21. The fraction of sp³-hybridized carbons (Fsp3) is 0.0612. The molecule has 1 aromatic heterocycles. The predicted molar refractivity (Wildman–Crippen MR) is 220 cm³/mol. The van der Waals surface area contributed by atoms with E-state index >= 15 is 0 Å². The van der Waals surface area contributed by atoms with Crippen molar-refractivity contribution in [3.63, 3.8) is 0 Å². The van der Waals surface area contributed by atoms with E-state index in [1.807, 2.05) is 11.3 Å². The Balaban J connectivity index is 1.34. The zero-order valence-corrected chi connectivity index (χ0v) is 29.4. The highest BCUT2D eigenvalue weighted by Gasteiger charge is 2.39. The topological polar surface area (TPSA) is 3.24 Å². The average molecular weight is 670 g/mol. The van der Waals surface area contributed by atoms with Gasteiger partial charge in [0.25, 0.3) is 0 Å². The lowest BCUT2D eigenvalue weighted by atomic mass is 9.81. The summed E-state index contributed by atoms with van der Waals surface area (Å²) in [7, 11) is 0. The Kier molecular flexibility index (Phi) is 6.78. The molecule has 9 aromatic rings. The zero-order valence-electron chi connectivity index (χ0n) is 28.6. The smallest absolute Gasteiger partial charge is 0.0546 e. The normalized spacial score (nSPS) is 13.1. The number of hydrogen-bond acceptors (Lipinski definition) is 2. The van der Waals surface area contributed by atoms with Crippen LogP contribution in [0.2, 0.25) is 0 Å². The molecule has 242 valence electrons. The summed E-state index contributed by atoms with van der Waals surface area (Å²) in [6, 6.07) is 64.9. The van der Waals surface area contributed by atoms with Gasteiger partial charge in [-0.3, -0.25) is 0 Å². The van der Waals surface area contributed by atoms with Gasteiger partial charge in [0.2, 0.25) is 0 Å². The number of thiophene rings is 1. The van der Waals surface area contributed by atoms with Crippen LogP contribution in [0.4, 0.5) is 17.1 Å². The second-order valence-electron chi connectivity index (χ2n) is 14.0. The fourth-order valence-electron chi connectivity index (χ4n) is 8.66. The maximum atomic E-state index is 2.56. The van der Waals surface area contributed by atoms with Gasteiger partial charge < -0.3 is 4.90 Å². The van der Waals surface area contributed by atoms with Crippen LogP contribution >= 0.6 is 11.3 Å². The van der Waals surface area contributed by atoms with Gasteiger partial charge in [-0.15, -0.1) is 11.3 Å². The Morgan fingerprint density at radius 2 is 1.02 bits per heavy atom. The van der Waals surface area contributed by atoms with E-state index in [9.17, 15) is 0 Å². The van der Waals surface area contributed by atoms with Crippen LogP contribution in [0, 0.1) is 0 Å². The monoisotopic (exact) mass is 669 g/mol. The molecule has 0 spiro atoms. The minimum atomic E-state index is -0.197. The first kappa shape index (κ1) is 29.9. The summed E-state index contributed by atoms with van der Waals surface area (Å²) in [5.41, 5.74) is 13.6. The zero-order chi connectivity index (χ0) is 34.1. The number of nitrogens with zero attached hydrogens (tertiary/aromatic N) is 1. The molecule has 0 amide bonds. The van der Waals surface area contributed by atoms with Gasteiger partial charge in [0.05, 0.1) is 17.1 Å². The molecule has 0 N–H and O–H groups in total. The fourth-order valence-corrected chi connectivity index (χ4v) is 9.79. The first-order chi connectivity index (χ1) is 25.1. The van der Waals surface area contributed by atoms with Crippen molar-refractivity contribution in [2.24, 2.45) is 0 Å². The Bertz CT molecular complexity index is 2780. The van der Waals surface area contributed by atoms with Crippen LogP contribution in [0.3, 0.4) is 0 Å². The van der Waals surface area contributed by atoms with Crippen molar-refractivity contribution in [3.8, 4) is 33.4 Å². The van der Waals surface area contributed by atoms with Crippen molar-refractivity contribution in [2.45, 2.75) is 19.3 Å². The van der Waals surface area contributed by atoms with Crippen LogP contribution in [0.5, 0.6) is 0 Å². The lowest BCUT2D eigenvalue weighted by molar-refractivity contribution is 0.661. The molecule has 1 nitrogen and oxygen atoms in total. The molecule has 10 rings (SSSR count). The molecule has 0 fully saturated rings. The molecule has 0 saturated heterocycles. The molecule has 0 bridgehead atoms. The standard InChI is InChI=1S/C49H35NS/c1-49(2)40-26-10-8-21-35(40)38-25-14-29-43(48(38)49)50(41-27-12-19-32-16-6-7-20-34(32)41)42-28-13-23-36(46(42)33-17-4-3-5-18-33)37-24-15-31-45-47(37)39-22-9-11-30-44(39)51-45/h3-31H,1-2H3. The lowest BCUT2D eigenvalue weighted by Gasteiger charge is -2.34. The average Bonchev–Trinajstić information content (AvgIpc) is 3.68. The summed E-state index contributed by atoms with van der Waals surface area (Å²) in [6.45, 7) is 4.78. The highest BCUT2D eigenvalue weighted by Crippen LogP contribution is 2.56. The molecule has 1 aliphatic rings. The minimum absolute atomic E-state index is 0.197. The van der Waals surface area contributed by atoms with Crippen molar-refractivity contribution < 1.29 is 0 Å². The third-order valence-electron chi connectivity index (χ3n) is 10.8. The summed E-state index contributed by atoms with van der Waals surface area (Å²) < 4.78 is 2.63. The van der Waals surface area contributed by atoms with Crippen molar-refractivity contribution in [1.29, 1.82) is 0 Å². The second kappa shape index (κ2) is 11.6. The highest BCUT2D eigenvalue weighted by atomic mass is 32.1. The van der Waals surface area contributed by atoms with Crippen molar-refractivity contribution in [1.82, 2.24) is 0 Å². The van der Waals surface area contributed by atoms with E-state index in [0.717, 1.165) is 5.69 Å². The van der Waals surface area contributed by atoms with Crippen molar-refractivity contribution in [2.75, 3.05) is 4.90 Å². The third kappa shape index (κ3) is 4.53. The van der Waals surface area contributed by atoms with Crippen molar-refractivity contribution in [3.05, 3.63) is 187 Å². The van der Waals surface area contributed by atoms with Crippen molar-refractivity contribution >= 4 is 59.3 Å². The molecule has 1 heterocycles. The molecule has 8 aromatic carbocycles. The molecule has 0 radical (unpaired) electrons. The van der Waals surface area contributed by atoms with Gasteiger partial charge >= 0.3 is 0 Å². The van der Waals surface area contributed by atoms with E-state index in [1.54, 1.807) is 0 Å². The van der Waals surface area contributed by atoms with E-state index < -0.39 is 0 Å². The van der Waals surface area contributed by atoms with E-state index in [1.165, 1.54) is 86.8 Å². The Labute approximate surface area is 302 Å². The van der Waals surface area contributed by atoms with Crippen LogP contribution in [0.1, 0.15) is 25.0 Å². The Hall–Kier alpha value is -5.96. The van der Waals surface area contributed by atoms with E-state index in [2.05, 4.69) is 195 Å². The summed E-state index contributed by atoms with van der Waals surface area (Å²) in [4.78, 5) is 2.56. The van der Waals surface area contributed by atoms with Gasteiger partial charge in [0, 0.05) is 36.5 Å². The molecule has 0 aliphatic heterocycles. The second-order valence-corrected chi connectivity index (χ2v) is 15.1. The van der Waals surface area contributed by atoms with Crippen LogP contribution in [0.25, 0.3) is 64.3 Å². The summed E-state index contributed by atoms with van der Waals surface area (Å²) in [6.07, 6.45) is 0.